The molecule has 0 radical (unpaired) electrons. The molecule has 0 saturated heterocycles. The molecule has 0 unspecified atom stereocenters. The summed E-state index contributed by atoms with van der Waals surface area (Å²) < 4.78 is 13.7. The molecule has 0 aliphatic rings. The van der Waals surface area contributed by atoms with Crippen LogP contribution in [0.2, 0.25) is 5.02 Å². The molecule has 0 atom stereocenters. The average molecular weight is 281 g/mol. The van der Waals surface area contributed by atoms with Crippen LogP contribution in [0.4, 0.5) is 15.8 Å². The molecule has 2 aromatic carbocycles. The van der Waals surface area contributed by atoms with Crippen molar-refractivity contribution < 1.29 is 4.39 Å². The molecule has 0 aliphatic carbocycles. The molecule has 0 heterocycles. The topological polar surface area (TPSA) is 38.0 Å². The highest BCUT2D eigenvalue weighted by Crippen LogP contribution is 2.25. The zero-order valence-corrected chi connectivity index (χ0v) is 10.9. The minimum absolute atomic E-state index is 0.257. The number of rotatable bonds is 3. The van der Waals surface area contributed by atoms with E-state index < -0.39 is 5.82 Å². The zero-order chi connectivity index (χ0) is 13.1. The van der Waals surface area contributed by atoms with E-state index in [0.29, 0.717) is 22.0 Å². The summed E-state index contributed by atoms with van der Waals surface area (Å²) in [4.78, 5) is 0.257. The maximum absolute atomic E-state index is 13.7. The lowest BCUT2D eigenvalue weighted by atomic mass is 10.1. The van der Waals surface area contributed by atoms with E-state index in [1.807, 2.05) is 12.1 Å². The molecule has 0 spiro atoms. The number of nitrogens with two attached hydrogens (primary N) is 1. The Morgan fingerprint density at radius 2 is 1.89 bits per heavy atom. The molecular weight excluding hydrogens is 271 g/mol. The normalized spacial score (nSPS) is 10.1. The summed E-state index contributed by atoms with van der Waals surface area (Å²) in [6.45, 7) is 0. The van der Waals surface area contributed by atoms with Gasteiger partial charge in [0.05, 0.1) is 5.69 Å². The molecule has 0 aliphatic heterocycles. The van der Waals surface area contributed by atoms with Crippen molar-refractivity contribution in [2.24, 2.45) is 5.73 Å². The fourth-order valence-corrected chi connectivity index (χ4v) is 1.88. The molecule has 0 fully saturated rings. The van der Waals surface area contributed by atoms with Crippen molar-refractivity contribution in [1.82, 2.24) is 0 Å². The van der Waals surface area contributed by atoms with Gasteiger partial charge in [-0.15, -0.1) is 0 Å². The predicted octanol–water partition coefficient (Wildman–Crippen LogP) is 3.86. The van der Waals surface area contributed by atoms with Gasteiger partial charge in [0.1, 0.15) is 10.8 Å². The van der Waals surface area contributed by atoms with E-state index in [9.17, 15) is 4.39 Å². The van der Waals surface area contributed by atoms with Crippen LogP contribution in [-0.4, -0.2) is 4.99 Å². The molecule has 0 amide bonds. The highest BCUT2D eigenvalue weighted by molar-refractivity contribution is 7.80. The van der Waals surface area contributed by atoms with E-state index in [4.69, 9.17) is 29.6 Å². The summed E-state index contributed by atoms with van der Waals surface area (Å²) in [6, 6.07) is 11.6. The number of hydrogen-bond donors (Lipinski definition) is 2. The van der Waals surface area contributed by atoms with E-state index in [1.165, 1.54) is 6.07 Å². The third kappa shape index (κ3) is 2.78. The second kappa shape index (κ2) is 5.33. The number of hydrogen-bond acceptors (Lipinski definition) is 2. The second-order valence-corrected chi connectivity index (χ2v) is 4.54. The number of benzene rings is 2. The van der Waals surface area contributed by atoms with E-state index in [1.54, 1.807) is 24.3 Å². The van der Waals surface area contributed by atoms with Gasteiger partial charge in [0.2, 0.25) is 0 Å². The fourth-order valence-electron chi connectivity index (χ4n) is 1.54. The van der Waals surface area contributed by atoms with Crippen molar-refractivity contribution in [3.63, 3.8) is 0 Å². The number of anilines is 2. The van der Waals surface area contributed by atoms with Crippen molar-refractivity contribution in [3.8, 4) is 0 Å². The Bertz CT molecular complexity index is 601. The first-order chi connectivity index (χ1) is 8.58. The number of para-hydroxylation sites is 1. The van der Waals surface area contributed by atoms with Gasteiger partial charge in [0.15, 0.2) is 0 Å². The van der Waals surface area contributed by atoms with Crippen molar-refractivity contribution in [3.05, 3.63) is 58.9 Å². The molecule has 0 aromatic heterocycles. The van der Waals surface area contributed by atoms with Crippen molar-refractivity contribution in [1.29, 1.82) is 0 Å². The van der Waals surface area contributed by atoms with Gasteiger partial charge in [-0.3, -0.25) is 0 Å². The van der Waals surface area contributed by atoms with Gasteiger partial charge < -0.3 is 11.1 Å². The minimum Gasteiger partial charge on any atom is -0.389 e. The zero-order valence-electron chi connectivity index (χ0n) is 9.28. The Morgan fingerprint density at radius 3 is 2.56 bits per heavy atom. The lowest BCUT2D eigenvalue weighted by Crippen LogP contribution is -2.11. The smallest absolute Gasteiger partial charge is 0.148 e. The van der Waals surface area contributed by atoms with Crippen LogP contribution in [0, 0.1) is 5.82 Å². The van der Waals surface area contributed by atoms with E-state index in [-0.39, 0.29) is 4.99 Å². The standard InChI is InChI=1S/C13H10ClFN2S/c14-8-5-6-12(10(15)7-8)17-11-4-2-1-3-9(11)13(16)18/h1-7,17H,(H2,16,18). The molecule has 92 valence electrons. The molecule has 2 rings (SSSR count). The van der Waals surface area contributed by atoms with Gasteiger partial charge in [-0.2, -0.15) is 0 Å². The van der Waals surface area contributed by atoms with Crippen molar-refractivity contribution >= 4 is 40.2 Å². The highest BCUT2D eigenvalue weighted by Gasteiger charge is 2.07. The molecule has 18 heavy (non-hydrogen) atoms. The third-order valence-electron chi connectivity index (χ3n) is 2.39. The third-order valence-corrected chi connectivity index (χ3v) is 2.85. The van der Waals surface area contributed by atoms with Gasteiger partial charge in [-0.25, -0.2) is 4.39 Å². The largest absolute Gasteiger partial charge is 0.389 e. The molecular formula is C13H10ClFN2S. The van der Waals surface area contributed by atoms with Crippen LogP contribution in [0.3, 0.4) is 0 Å². The Balaban J connectivity index is 2.37. The van der Waals surface area contributed by atoms with Crippen LogP contribution >= 0.6 is 23.8 Å². The van der Waals surface area contributed by atoms with E-state index in [2.05, 4.69) is 5.32 Å². The summed E-state index contributed by atoms with van der Waals surface area (Å²) >= 11 is 10.6. The van der Waals surface area contributed by atoms with Gasteiger partial charge in [-0.1, -0.05) is 36.0 Å². The molecule has 2 aromatic rings. The number of nitrogens with one attached hydrogen (secondary N) is 1. The Hall–Kier alpha value is -1.65. The first-order valence-electron chi connectivity index (χ1n) is 5.19. The van der Waals surface area contributed by atoms with Crippen molar-refractivity contribution in [2.75, 3.05) is 5.32 Å². The Morgan fingerprint density at radius 1 is 1.17 bits per heavy atom. The maximum atomic E-state index is 13.7. The number of halogens is 2. The molecule has 2 nitrogen and oxygen atoms in total. The fraction of sp³-hybridized carbons (Fsp3) is 0. The van der Waals surface area contributed by atoms with Gasteiger partial charge in [0.25, 0.3) is 0 Å². The van der Waals surface area contributed by atoms with Gasteiger partial charge in [0, 0.05) is 16.3 Å². The van der Waals surface area contributed by atoms with Gasteiger partial charge in [-0.05, 0) is 30.3 Å². The van der Waals surface area contributed by atoms with Gasteiger partial charge >= 0.3 is 0 Å². The van der Waals surface area contributed by atoms with Crippen molar-refractivity contribution in [2.45, 2.75) is 0 Å². The first kappa shape index (κ1) is 12.8. The summed E-state index contributed by atoms with van der Waals surface area (Å²) in [6.07, 6.45) is 0. The summed E-state index contributed by atoms with van der Waals surface area (Å²) in [7, 11) is 0. The molecule has 0 bridgehead atoms. The SMILES string of the molecule is NC(=S)c1ccccc1Nc1ccc(Cl)cc1F. The van der Waals surface area contributed by atoms with Crippen LogP contribution in [0.5, 0.6) is 0 Å². The molecule has 3 N–H and O–H groups in total. The Kier molecular flexibility index (Phi) is 3.79. The van der Waals surface area contributed by atoms with Crippen LogP contribution in [0.1, 0.15) is 5.56 Å². The van der Waals surface area contributed by atoms with Crippen LogP contribution in [0.15, 0.2) is 42.5 Å². The quantitative estimate of drug-likeness (QED) is 0.839. The Labute approximate surface area is 115 Å². The summed E-state index contributed by atoms with van der Waals surface area (Å²) in [5, 5.41) is 3.30. The van der Waals surface area contributed by atoms with Crippen LogP contribution in [0.25, 0.3) is 0 Å². The maximum Gasteiger partial charge on any atom is 0.148 e. The predicted molar refractivity (Wildman–Crippen MR) is 77.0 cm³/mol. The monoisotopic (exact) mass is 280 g/mol. The van der Waals surface area contributed by atoms with E-state index >= 15 is 0 Å². The molecule has 0 saturated carbocycles. The van der Waals surface area contributed by atoms with Crippen LogP contribution in [-0.2, 0) is 0 Å². The lowest BCUT2D eigenvalue weighted by molar-refractivity contribution is 0.632. The second-order valence-electron chi connectivity index (χ2n) is 3.66. The number of thiocarbonyl (C=S) groups is 1. The average Bonchev–Trinajstić information content (AvgIpc) is 2.33. The van der Waals surface area contributed by atoms with Crippen LogP contribution < -0.4 is 11.1 Å². The lowest BCUT2D eigenvalue weighted by Gasteiger charge is -2.11. The summed E-state index contributed by atoms with van der Waals surface area (Å²) in [5.41, 5.74) is 7.26. The minimum atomic E-state index is -0.430. The van der Waals surface area contributed by atoms with E-state index in [0.717, 1.165) is 0 Å². The molecule has 5 heteroatoms. The summed E-state index contributed by atoms with van der Waals surface area (Å²) in [5.74, 6) is -0.430. The first-order valence-corrected chi connectivity index (χ1v) is 5.97. The highest BCUT2D eigenvalue weighted by atomic mass is 35.5.